The number of hydroxylamine groups is 1. The van der Waals surface area contributed by atoms with E-state index in [1.165, 1.54) is 0 Å². The Morgan fingerprint density at radius 3 is 2.07 bits per heavy atom. The molecule has 29 heavy (non-hydrogen) atoms. The summed E-state index contributed by atoms with van der Waals surface area (Å²) in [5, 5.41) is 2.04. The molecule has 2 fully saturated rings. The van der Waals surface area contributed by atoms with Crippen LogP contribution in [0.4, 0.5) is 11.4 Å². The van der Waals surface area contributed by atoms with Crippen molar-refractivity contribution in [2.24, 2.45) is 5.92 Å². The maximum absolute atomic E-state index is 13.5. The Bertz CT molecular complexity index is 1070. The number of imide groups is 1. The van der Waals surface area contributed by atoms with Crippen molar-refractivity contribution >= 4 is 34.8 Å². The topological polar surface area (TPSA) is 49.9 Å². The first-order valence-electron chi connectivity index (χ1n) is 9.35. The quantitative estimate of drug-likeness (QED) is 0.607. The molecule has 2 heterocycles. The molecule has 0 aromatic heterocycles. The van der Waals surface area contributed by atoms with Gasteiger partial charge in [-0.25, -0.2) is 9.96 Å². The van der Waals surface area contributed by atoms with E-state index in [1.807, 2.05) is 60.7 Å². The van der Waals surface area contributed by atoms with Crippen LogP contribution in [0.3, 0.4) is 0 Å². The van der Waals surface area contributed by atoms with Crippen molar-refractivity contribution < 1.29 is 14.4 Å². The van der Waals surface area contributed by atoms with Gasteiger partial charge < -0.3 is 0 Å². The molecular formula is C23H17ClN2O3. The summed E-state index contributed by atoms with van der Waals surface area (Å²) in [6.45, 7) is 0. The number of fused-ring (bicyclic) bond motifs is 1. The number of halogens is 1. The predicted octanol–water partition coefficient (Wildman–Crippen LogP) is 4.39. The third kappa shape index (κ3) is 2.82. The molecule has 2 amide bonds. The highest BCUT2D eigenvalue weighted by Crippen LogP contribution is 2.48. The van der Waals surface area contributed by atoms with E-state index in [9.17, 15) is 9.59 Å². The van der Waals surface area contributed by atoms with Gasteiger partial charge in [0, 0.05) is 0 Å². The lowest BCUT2D eigenvalue weighted by Gasteiger charge is -2.28. The summed E-state index contributed by atoms with van der Waals surface area (Å²) in [6, 6.07) is 25.6. The fourth-order valence-corrected chi connectivity index (χ4v) is 4.29. The lowest BCUT2D eigenvalue weighted by molar-refractivity contribution is -0.126. The van der Waals surface area contributed by atoms with Gasteiger partial charge in [-0.2, -0.15) is 0 Å². The summed E-state index contributed by atoms with van der Waals surface area (Å²) >= 11 is 6.27. The van der Waals surface area contributed by atoms with Gasteiger partial charge in [-0.15, -0.1) is 0 Å². The summed E-state index contributed by atoms with van der Waals surface area (Å²) in [5.74, 6) is -1.37. The van der Waals surface area contributed by atoms with Crippen LogP contribution < -0.4 is 9.96 Å². The highest BCUT2D eigenvalue weighted by Gasteiger charge is 2.60. The zero-order valence-corrected chi connectivity index (χ0v) is 16.1. The molecule has 2 aliphatic heterocycles. The van der Waals surface area contributed by atoms with Gasteiger partial charge in [0.05, 0.1) is 22.4 Å². The molecule has 2 aliphatic rings. The number of hydrogen-bond acceptors (Lipinski definition) is 4. The van der Waals surface area contributed by atoms with Gasteiger partial charge in [-0.3, -0.25) is 14.4 Å². The van der Waals surface area contributed by atoms with Crippen LogP contribution in [0.2, 0.25) is 5.02 Å². The maximum atomic E-state index is 13.5. The number of para-hydroxylation sites is 2. The molecule has 0 N–H and O–H groups in total. The smallest absolute Gasteiger partial charge is 0.266 e. The Morgan fingerprint density at radius 1 is 0.759 bits per heavy atom. The molecule has 0 unspecified atom stereocenters. The average Bonchev–Trinajstić information content (AvgIpc) is 3.26. The molecule has 0 bridgehead atoms. The summed E-state index contributed by atoms with van der Waals surface area (Å²) < 4.78 is 0. The van der Waals surface area contributed by atoms with Crippen LogP contribution in [0.25, 0.3) is 0 Å². The van der Waals surface area contributed by atoms with Crippen LogP contribution in [0.5, 0.6) is 0 Å². The molecule has 3 aromatic carbocycles. The minimum atomic E-state index is -0.899. The highest BCUT2D eigenvalue weighted by atomic mass is 35.5. The zero-order valence-electron chi connectivity index (χ0n) is 15.3. The Kier molecular flexibility index (Phi) is 4.34. The highest BCUT2D eigenvalue weighted by molar-refractivity contribution is 6.36. The van der Waals surface area contributed by atoms with Crippen LogP contribution in [0.1, 0.15) is 11.6 Å². The van der Waals surface area contributed by atoms with Crippen molar-refractivity contribution in [2.45, 2.75) is 12.1 Å². The zero-order chi connectivity index (χ0) is 20.0. The molecule has 0 aliphatic carbocycles. The van der Waals surface area contributed by atoms with Crippen LogP contribution in [0.15, 0.2) is 84.9 Å². The van der Waals surface area contributed by atoms with Crippen LogP contribution in [0, 0.1) is 5.92 Å². The molecular weight excluding hydrogens is 388 g/mol. The summed E-state index contributed by atoms with van der Waals surface area (Å²) in [6.07, 6.45) is -0.899. The van der Waals surface area contributed by atoms with Crippen LogP contribution in [-0.2, 0) is 14.4 Å². The SMILES string of the molecule is O=C1[C@H]2[C@H](ON(c3ccccc3)[C@H]2c2ccccc2)C(=O)N1c1ccccc1Cl. The van der Waals surface area contributed by atoms with Crippen LogP contribution >= 0.6 is 11.6 Å². The van der Waals surface area contributed by atoms with Gasteiger partial charge in [-0.05, 0) is 29.8 Å². The molecule has 3 aromatic rings. The van der Waals surface area contributed by atoms with Crippen molar-refractivity contribution in [1.29, 1.82) is 0 Å². The van der Waals surface area contributed by atoms with Gasteiger partial charge in [0.2, 0.25) is 5.91 Å². The van der Waals surface area contributed by atoms with Gasteiger partial charge in [0.25, 0.3) is 5.91 Å². The number of benzene rings is 3. The van der Waals surface area contributed by atoms with Gasteiger partial charge in [0.15, 0.2) is 6.10 Å². The molecule has 0 spiro atoms. The minimum absolute atomic E-state index is 0.305. The second-order valence-electron chi connectivity index (χ2n) is 7.03. The standard InChI is InChI=1S/C23H17ClN2O3/c24-17-13-7-8-14-18(17)25-22(27)19-20(15-9-3-1-4-10-15)26(29-21(19)23(25)28)16-11-5-2-6-12-16/h1-14,19-21H/t19-,20+,21+/m1/s1. The van der Waals surface area contributed by atoms with E-state index in [4.69, 9.17) is 16.4 Å². The predicted molar refractivity (Wildman–Crippen MR) is 110 cm³/mol. The van der Waals surface area contributed by atoms with E-state index in [2.05, 4.69) is 0 Å². The Labute approximate surface area is 173 Å². The second kappa shape index (κ2) is 7.03. The number of carbonyl (C=O) groups excluding carboxylic acids is 2. The average molecular weight is 405 g/mol. The molecule has 5 nitrogen and oxygen atoms in total. The van der Waals surface area contributed by atoms with Crippen molar-refractivity contribution in [3.8, 4) is 0 Å². The maximum Gasteiger partial charge on any atom is 0.266 e. The minimum Gasteiger partial charge on any atom is -0.273 e. The van der Waals surface area contributed by atoms with Gasteiger partial charge >= 0.3 is 0 Å². The van der Waals surface area contributed by atoms with Crippen molar-refractivity contribution in [1.82, 2.24) is 0 Å². The lowest BCUT2D eigenvalue weighted by Crippen LogP contribution is -2.37. The van der Waals surface area contributed by atoms with Gasteiger partial charge in [0.1, 0.15) is 5.92 Å². The van der Waals surface area contributed by atoms with E-state index >= 15 is 0 Å². The molecule has 144 valence electrons. The molecule has 0 saturated carbocycles. The first-order chi connectivity index (χ1) is 14.2. The molecule has 2 saturated heterocycles. The summed E-state index contributed by atoms with van der Waals surface area (Å²) in [5.41, 5.74) is 2.09. The number of anilines is 2. The summed E-state index contributed by atoms with van der Waals surface area (Å²) in [4.78, 5) is 33.9. The normalized spacial score (nSPS) is 23.6. The number of rotatable bonds is 3. The third-order valence-corrected chi connectivity index (χ3v) is 5.68. The lowest BCUT2D eigenvalue weighted by atomic mass is 9.90. The molecule has 0 radical (unpaired) electrons. The van der Waals surface area contributed by atoms with Crippen molar-refractivity contribution in [2.75, 3.05) is 9.96 Å². The Balaban J connectivity index is 1.60. The largest absolute Gasteiger partial charge is 0.273 e. The van der Waals surface area contributed by atoms with Gasteiger partial charge in [-0.1, -0.05) is 72.3 Å². The third-order valence-electron chi connectivity index (χ3n) is 5.36. The fourth-order valence-electron chi connectivity index (χ4n) is 4.07. The van der Waals surface area contributed by atoms with E-state index in [0.717, 1.165) is 16.2 Å². The van der Waals surface area contributed by atoms with Crippen molar-refractivity contribution in [3.63, 3.8) is 0 Å². The fraction of sp³-hybridized carbons (Fsp3) is 0.130. The number of nitrogens with zero attached hydrogens (tertiary/aromatic N) is 2. The Morgan fingerprint density at radius 2 is 1.38 bits per heavy atom. The van der Waals surface area contributed by atoms with E-state index < -0.39 is 24.0 Å². The first kappa shape index (κ1) is 17.9. The first-order valence-corrected chi connectivity index (χ1v) is 9.73. The number of hydrogen-bond donors (Lipinski definition) is 0. The van der Waals surface area contributed by atoms with E-state index in [0.29, 0.717) is 10.7 Å². The number of carbonyl (C=O) groups is 2. The Hall–Kier alpha value is -3.15. The van der Waals surface area contributed by atoms with Crippen LogP contribution in [-0.4, -0.2) is 17.9 Å². The van der Waals surface area contributed by atoms with E-state index in [-0.39, 0.29) is 5.91 Å². The molecule has 6 heteroatoms. The number of amides is 2. The van der Waals surface area contributed by atoms with E-state index in [1.54, 1.807) is 29.3 Å². The molecule has 3 atom stereocenters. The van der Waals surface area contributed by atoms with Crippen molar-refractivity contribution in [3.05, 3.63) is 95.5 Å². The monoisotopic (exact) mass is 404 g/mol. The summed E-state index contributed by atoms with van der Waals surface area (Å²) in [7, 11) is 0. The molecule has 5 rings (SSSR count). The second-order valence-corrected chi connectivity index (χ2v) is 7.44.